The molecule has 1 atom stereocenters. The third kappa shape index (κ3) is 1.68. The Morgan fingerprint density at radius 3 is 3.11 bits per heavy atom. The van der Waals surface area contributed by atoms with Gasteiger partial charge in [0, 0.05) is 13.1 Å². The van der Waals surface area contributed by atoms with Gasteiger partial charge in [-0.3, -0.25) is 4.79 Å². The summed E-state index contributed by atoms with van der Waals surface area (Å²) in [5.74, 6) is -0.292. The molecule has 7 nitrogen and oxygen atoms in total. The van der Waals surface area contributed by atoms with Gasteiger partial charge in [0.2, 0.25) is 0 Å². The van der Waals surface area contributed by atoms with Crippen molar-refractivity contribution < 1.29 is 9.90 Å². The molecule has 1 aliphatic heterocycles. The van der Waals surface area contributed by atoms with E-state index in [1.165, 1.54) is 0 Å². The van der Waals surface area contributed by atoms with E-state index in [0.29, 0.717) is 19.5 Å². The highest BCUT2D eigenvalue weighted by Crippen LogP contribution is 2.25. The Bertz CT molecular complexity index is 608. The lowest BCUT2D eigenvalue weighted by Crippen LogP contribution is -2.24. The highest BCUT2D eigenvalue weighted by atomic mass is 16.4. The SMILES string of the molecule is Cc1cn2nncc2c(N2CCC(C(=O)O)C2)n1. The van der Waals surface area contributed by atoms with Crippen LogP contribution in [-0.4, -0.2) is 44.0 Å². The number of fused-ring (bicyclic) bond motifs is 1. The van der Waals surface area contributed by atoms with Gasteiger partial charge in [-0.1, -0.05) is 5.21 Å². The number of carboxylic acid groups (broad SMARTS) is 1. The smallest absolute Gasteiger partial charge is 0.308 e. The highest BCUT2D eigenvalue weighted by molar-refractivity contribution is 5.74. The second-order valence-electron chi connectivity index (χ2n) is 4.54. The first kappa shape index (κ1) is 10.9. The number of rotatable bonds is 2. The minimum absolute atomic E-state index is 0.316. The number of aliphatic carboxylic acids is 1. The van der Waals surface area contributed by atoms with Gasteiger partial charge in [0.15, 0.2) is 5.82 Å². The van der Waals surface area contributed by atoms with Crippen LogP contribution in [0.15, 0.2) is 12.4 Å². The molecule has 0 saturated carbocycles. The van der Waals surface area contributed by atoms with Crippen molar-refractivity contribution in [1.29, 1.82) is 0 Å². The number of hydrogen-bond donors (Lipinski definition) is 1. The van der Waals surface area contributed by atoms with E-state index in [9.17, 15) is 4.79 Å². The fraction of sp³-hybridized carbons (Fsp3) is 0.455. The summed E-state index contributed by atoms with van der Waals surface area (Å²) in [6.07, 6.45) is 4.10. The van der Waals surface area contributed by atoms with Gasteiger partial charge in [-0.05, 0) is 13.3 Å². The highest BCUT2D eigenvalue weighted by Gasteiger charge is 2.30. The number of anilines is 1. The number of aromatic nitrogens is 4. The van der Waals surface area contributed by atoms with Crippen LogP contribution in [0.3, 0.4) is 0 Å². The summed E-state index contributed by atoms with van der Waals surface area (Å²) < 4.78 is 1.67. The van der Waals surface area contributed by atoms with Gasteiger partial charge in [0.1, 0.15) is 5.52 Å². The molecule has 0 aliphatic carbocycles. The molecule has 1 unspecified atom stereocenters. The van der Waals surface area contributed by atoms with Crippen molar-refractivity contribution in [1.82, 2.24) is 19.8 Å². The Morgan fingerprint density at radius 2 is 2.39 bits per heavy atom. The van der Waals surface area contributed by atoms with Crippen LogP contribution in [-0.2, 0) is 4.79 Å². The maximum atomic E-state index is 11.0. The van der Waals surface area contributed by atoms with Gasteiger partial charge in [-0.15, -0.1) is 5.10 Å². The molecule has 7 heteroatoms. The summed E-state index contributed by atoms with van der Waals surface area (Å²) in [5, 5.41) is 16.8. The van der Waals surface area contributed by atoms with Crippen LogP contribution in [0.1, 0.15) is 12.1 Å². The van der Waals surface area contributed by atoms with Crippen LogP contribution in [0.25, 0.3) is 5.52 Å². The van der Waals surface area contributed by atoms with Crippen LogP contribution in [0, 0.1) is 12.8 Å². The summed E-state index contributed by atoms with van der Waals surface area (Å²) in [4.78, 5) is 17.5. The van der Waals surface area contributed by atoms with E-state index in [2.05, 4.69) is 15.3 Å². The molecule has 3 rings (SSSR count). The largest absolute Gasteiger partial charge is 0.481 e. The van der Waals surface area contributed by atoms with Gasteiger partial charge in [0.05, 0.1) is 24.0 Å². The first-order valence-corrected chi connectivity index (χ1v) is 5.80. The van der Waals surface area contributed by atoms with Crippen molar-refractivity contribution in [2.24, 2.45) is 5.92 Å². The first-order chi connectivity index (χ1) is 8.65. The van der Waals surface area contributed by atoms with E-state index in [1.807, 2.05) is 11.8 Å². The fourth-order valence-electron chi connectivity index (χ4n) is 2.32. The van der Waals surface area contributed by atoms with Crippen molar-refractivity contribution in [2.45, 2.75) is 13.3 Å². The number of aryl methyl sites for hydroxylation is 1. The summed E-state index contributed by atoms with van der Waals surface area (Å²) in [5.41, 5.74) is 1.65. The number of carboxylic acids is 1. The average Bonchev–Trinajstić information content (AvgIpc) is 2.95. The van der Waals surface area contributed by atoms with Crippen LogP contribution < -0.4 is 4.90 Å². The molecule has 1 aliphatic rings. The van der Waals surface area contributed by atoms with Crippen molar-refractivity contribution in [3.8, 4) is 0 Å². The Balaban J connectivity index is 1.99. The predicted octanol–water partition coefficient (Wildman–Crippen LogP) is 0.344. The Kier molecular flexibility index (Phi) is 2.39. The van der Waals surface area contributed by atoms with E-state index in [1.54, 1.807) is 16.9 Å². The summed E-state index contributed by atoms with van der Waals surface area (Å²) in [6.45, 7) is 3.08. The molecule has 2 aromatic rings. The molecule has 0 radical (unpaired) electrons. The molecule has 1 N–H and O–H groups in total. The summed E-state index contributed by atoms with van der Waals surface area (Å²) in [6, 6.07) is 0. The van der Waals surface area contributed by atoms with Crippen molar-refractivity contribution in [2.75, 3.05) is 18.0 Å². The zero-order valence-corrected chi connectivity index (χ0v) is 9.94. The van der Waals surface area contributed by atoms with E-state index < -0.39 is 5.97 Å². The van der Waals surface area contributed by atoms with Gasteiger partial charge in [-0.2, -0.15) is 0 Å². The first-order valence-electron chi connectivity index (χ1n) is 5.80. The number of hydrogen-bond acceptors (Lipinski definition) is 5. The number of nitrogens with zero attached hydrogens (tertiary/aromatic N) is 5. The van der Waals surface area contributed by atoms with Crippen LogP contribution in [0.2, 0.25) is 0 Å². The van der Waals surface area contributed by atoms with Gasteiger partial charge in [0.25, 0.3) is 0 Å². The van der Waals surface area contributed by atoms with Crippen LogP contribution in [0.5, 0.6) is 0 Å². The normalized spacial score (nSPS) is 19.6. The molecular formula is C11H13N5O2. The second-order valence-corrected chi connectivity index (χ2v) is 4.54. The third-order valence-corrected chi connectivity index (χ3v) is 3.23. The molecular weight excluding hydrogens is 234 g/mol. The molecule has 18 heavy (non-hydrogen) atoms. The van der Waals surface area contributed by atoms with Crippen LogP contribution in [0.4, 0.5) is 5.82 Å². The zero-order chi connectivity index (χ0) is 12.7. The zero-order valence-electron chi connectivity index (χ0n) is 9.94. The lowest BCUT2D eigenvalue weighted by molar-refractivity contribution is -0.140. The second kappa shape index (κ2) is 3.94. The van der Waals surface area contributed by atoms with Crippen molar-refractivity contribution in [3.63, 3.8) is 0 Å². The molecule has 94 valence electrons. The van der Waals surface area contributed by atoms with Crippen LogP contribution >= 0.6 is 0 Å². The lowest BCUT2D eigenvalue weighted by Gasteiger charge is -2.17. The van der Waals surface area contributed by atoms with Gasteiger partial charge >= 0.3 is 5.97 Å². The molecule has 3 heterocycles. The molecule has 0 amide bonds. The molecule has 2 aromatic heterocycles. The topological polar surface area (TPSA) is 83.6 Å². The Hall–Kier alpha value is -2.18. The van der Waals surface area contributed by atoms with E-state index in [-0.39, 0.29) is 5.92 Å². The minimum atomic E-state index is -0.743. The van der Waals surface area contributed by atoms with Gasteiger partial charge in [-0.25, -0.2) is 9.50 Å². The maximum absolute atomic E-state index is 11.0. The molecule has 1 fully saturated rings. The molecule has 0 spiro atoms. The Labute approximate surface area is 103 Å². The standard InChI is InChI=1S/C11H13N5O2/c1-7-5-16-9(4-12-14-16)10(13-7)15-3-2-8(6-15)11(17)18/h4-5,8H,2-3,6H2,1H3,(H,17,18). The van der Waals surface area contributed by atoms with E-state index >= 15 is 0 Å². The molecule has 0 aromatic carbocycles. The maximum Gasteiger partial charge on any atom is 0.308 e. The molecule has 1 saturated heterocycles. The van der Waals surface area contributed by atoms with E-state index in [4.69, 9.17) is 5.11 Å². The molecule has 0 bridgehead atoms. The summed E-state index contributed by atoms with van der Waals surface area (Å²) in [7, 11) is 0. The Morgan fingerprint density at radius 1 is 1.56 bits per heavy atom. The predicted molar refractivity (Wildman–Crippen MR) is 63.5 cm³/mol. The number of carbonyl (C=O) groups is 1. The third-order valence-electron chi connectivity index (χ3n) is 3.23. The summed E-state index contributed by atoms with van der Waals surface area (Å²) >= 11 is 0. The quantitative estimate of drug-likeness (QED) is 0.824. The monoisotopic (exact) mass is 247 g/mol. The fourth-order valence-corrected chi connectivity index (χ4v) is 2.32. The van der Waals surface area contributed by atoms with E-state index in [0.717, 1.165) is 17.0 Å². The van der Waals surface area contributed by atoms with Crippen molar-refractivity contribution >= 4 is 17.3 Å². The average molecular weight is 247 g/mol. The lowest BCUT2D eigenvalue weighted by atomic mass is 10.1. The minimum Gasteiger partial charge on any atom is -0.481 e. The van der Waals surface area contributed by atoms with Crippen molar-refractivity contribution in [3.05, 3.63) is 18.1 Å². The van der Waals surface area contributed by atoms with Gasteiger partial charge < -0.3 is 10.0 Å².